The Kier molecular flexibility index (Phi) is 4.56. The number of hydrogen-bond donors (Lipinski definition) is 0. The first-order chi connectivity index (χ1) is 13.8. The van der Waals surface area contributed by atoms with Crippen LogP contribution in [-0.4, -0.2) is 0 Å². The Labute approximate surface area is 170 Å². The van der Waals surface area contributed by atoms with E-state index in [0.29, 0.717) is 0 Å². The van der Waals surface area contributed by atoms with Gasteiger partial charge in [0.1, 0.15) is 0 Å². The van der Waals surface area contributed by atoms with Gasteiger partial charge in [-0.1, -0.05) is 74.7 Å². The third-order valence-electron chi connectivity index (χ3n) is 6.08. The molecular formula is C27H26S. The summed E-state index contributed by atoms with van der Waals surface area (Å²) < 4.78 is 2.86. The normalized spacial score (nSPS) is 11.9. The molecular weight excluding hydrogens is 356 g/mol. The minimum atomic E-state index is 1.18. The standard InChI is InChI=1S/C27H26S/c1-3-4-5-6-11-19-17-25-27(23-15-10-8-13-21(19)23)26-22-14-9-7-12-20(22)18(2)16-24(26)28-25/h7-10,12-17H,3-6,11H2,1-2H3. The van der Waals surface area contributed by atoms with Crippen molar-refractivity contribution in [3.63, 3.8) is 0 Å². The van der Waals surface area contributed by atoms with Crippen LogP contribution in [0.4, 0.5) is 0 Å². The summed E-state index contributed by atoms with van der Waals surface area (Å²) in [7, 11) is 0. The maximum atomic E-state index is 2.48. The number of hydrogen-bond acceptors (Lipinski definition) is 1. The highest BCUT2D eigenvalue weighted by atomic mass is 32.1. The fourth-order valence-electron chi connectivity index (χ4n) is 4.69. The molecule has 0 aliphatic rings. The van der Waals surface area contributed by atoms with E-state index in [1.165, 1.54) is 84.9 Å². The van der Waals surface area contributed by atoms with Gasteiger partial charge in [0.25, 0.3) is 0 Å². The van der Waals surface area contributed by atoms with Gasteiger partial charge in [0.2, 0.25) is 0 Å². The van der Waals surface area contributed by atoms with Crippen LogP contribution in [0, 0.1) is 6.92 Å². The topological polar surface area (TPSA) is 0 Å². The van der Waals surface area contributed by atoms with Gasteiger partial charge in [-0.05, 0) is 64.6 Å². The zero-order valence-electron chi connectivity index (χ0n) is 16.7. The molecule has 0 spiro atoms. The minimum absolute atomic E-state index is 1.18. The molecule has 5 rings (SSSR count). The molecule has 0 saturated heterocycles. The molecule has 1 aromatic heterocycles. The van der Waals surface area contributed by atoms with Crippen molar-refractivity contribution in [2.75, 3.05) is 0 Å². The zero-order valence-corrected chi connectivity index (χ0v) is 17.5. The number of unbranched alkanes of at least 4 members (excludes halogenated alkanes) is 3. The van der Waals surface area contributed by atoms with Gasteiger partial charge in [0.15, 0.2) is 0 Å². The molecule has 0 bridgehead atoms. The van der Waals surface area contributed by atoms with Crippen molar-refractivity contribution in [3.05, 3.63) is 71.8 Å². The maximum Gasteiger partial charge on any atom is 0.0364 e. The second-order valence-electron chi connectivity index (χ2n) is 7.98. The summed E-state index contributed by atoms with van der Waals surface area (Å²) in [6.45, 7) is 4.52. The molecule has 1 heterocycles. The molecule has 0 nitrogen and oxygen atoms in total. The Balaban J connectivity index is 1.83. The second-order valence-corrected chi connectivity index (χ2v) is 9.06. The molecule has 4 aromatic carbocycles. The van der Waals surface area contributed by atoms with Crippen molar-refractivity contribution in [2.45, 2.75) is 46.0 Å². The molecule has 5 aromatic rings. The van der Waals surface area contributed by atoms with Crippen molar-refractivity contribution in [1.29, 1.82) is 0 Å². The lowest BCUT2D eigenvalue weighted by molar-refractivity contribution is 0.668. The lowest BCUT2D eigenvalue weighted by atomic mass is 9.94. The van der Waals surface area contributed by atoms with E-state index in [4.69, 9.17) is 0 Å². The number of rotatable bonds is 5. The van der Waals surface area contributed by atoms with E-state index in [2.05, 4.69) is 74.5 Å². The van der Waals surface area contributed by atoms with Crippen molar-refractivity contribution in [3.8, 4) is 0 Å². The number of fused-ring (bicyclic) bond motifs is 7. The van der Waals surface area contributed by atoms with Crippen LogP contribution in [0.15, 0.2) is 60.7 Å². The van der Waals surface area contributed by atoms with Crippen LogP contribution >= 0.6 is 11.3 Å². The Morgan fingerprint density at radius 2 is 1.29 bits per heavy atom. The fraction of sp³-hybridized carbons (Fsp3) is 0.259. The van der Waals surface area contributed by atoms with Crippen LogP contribution in [-0.2, 0) is 6.42 Å². The first-order valence-corrected chi connectivity index (χ1v) is 11.3. The lowest BCUT2D eigenvalue weighted by Crippen LogP contribution is -1.89. The summed E-state index contributed by atoms with van der Waals surface area (Å²) in [5, 5.41) is 8.52. The van der Waals surface area contributed by atoms with Gasteiger partial charge < -0.3 is 0 Å². The van der Waals surface area contributed by atoms with Gasteiger partial charge in [-0.15, -0.1) is 11.3 Å². The lowest BCUT2D eigenvalue weighted by Gasteiger charge is -2.10. The van der Waals surface area contributed by atoms with Gasteiger partial charge in [-0.3, -0.25) is 0 Å². The van der Waals surface area contributed by atoms with E-state index in [9.17, 15) is 0 Å². The highest BCUT2D eigenvalue weighted by Gasteiger charge is 2.15. The molecule has 0 saturated carbocycles. The molecule has 0 aliphatic carbocycles. The van der Waals surface area contributed by atoms with Crippen molar-refractivity contribution < 1.29 is 0 Å². The van der Waals surface area contributed by atoms with Crippen LogP contribution in [0.1, 0.15) is 43.7 Å². The summed E-state index contributed by atoms with van der Waals surface area (Å²) in [6.07, 6.45) is 6.44. The minimum Gasteiger partial charge on any atom is -0.135 e. The quantitative estimate of drug-likeness (QED) is 0.266. The molecule has 0 atom stereocenters. The van der Waals surface area contributed by atoms with Crippen molar-refractivity contribution in [2.24, 2.45) is 0 Å². The molecule has 0 amide bonds. The van der Waals surface area contributed by atoms with Crippen molar-refractivity contribution in [1.82, 2.24) is 0 Å². The smallest absolute Gasteiger partial charge is 0.0364 e. The summed E-state index contributed by atoms with van der Waals surface area (Å²) in [6, 6.07) is 22.8. The van der Waals surface area contributed by atoms with Gasteiger partial charge in [-0.2, -0.15) is 0 Å². The molecule has 1 heteroatoms. The SMILES string of the molecule is CCCCCCc1cc2sc3cc(C)c4ccccc4c3c2c2ccccc12. The highest BCUT2D eigenvalue weighted by molar-refractivity contribution is 7.26. The predicted octanol–water partition coefficient (Wildman–Crippen LogP) is 8.79. The van der Waals surface area contributed by atoms with Gasteiger partial charge >= 0.3 is 0 Å². The van der Waals surface area contributed by atoms with E-state index >= 15 is 0 Å². The number of thiophene rings is 1. The van der Waals surface area contributed by atoms with E-state index in [0.717, 1.165) is 0 Å². The molecule has 0 unspecified atom stereocenters. The number of aryl methyl sites for hydroxylation is 2. The third-order valence-corrected chi connectivity index (χ3v) is 7.16. The predicted molar refractivity (Wildman–Crippen MR) is 127 cm³/mol. The number of benzene rings is 4. The molecule has 140 valence electrons. The third kappa shape index (κ3) is 2.81. The maximum absolute atomic E-state index is 2.48. The van der Waals surface area contributed by atoms with E-state index < -0.39 is 0 Å². The summed E-state index contributed by atoms with van der Waals surface area (Å²) >= 11 is 1.96. The van der Waals surface area contributed by atoms with E-state index in [-0.39, 0.29) is 0 Å². The van der Waals surface area contributed by atoms with Crippen LogP contribution in [0.25, 0.3) is 41.7 Å². The zero-order chi connectivity index (χ0) is 19.1. The molecule has 28 heavy (non-hydrogen) atoms. The Morgan fingerprint density at radius 1 is 0.679 bits per heavy atom. The Hall–Kier alpha value is -2.38. The second kappa shape index (κ2) is 7.22. The summed E-state index contributed by atoms with van der Waals surface area (Å²) in [5.41, 5.74) is 2.89. The monoisotopic (exact) mass is 382 g/mol. The van der Waals surface area contributed by atoms with Gasteiger partial charge in [0.05, 0.1) is 0 Å². The van der Waals surface area contributed by atoms with Gasteiger partial charge in [0, 0.05) is 20.2 Å². The summed E-state index contributed by atoms with van der Waals surface area (Å²) in [4.78, 5) is 0. The molecule has 0 N–H and O–H groups in total. The van der Waals surface area contributed by atoms with E-state index in [1.807, 2.05) is 11.3 Å². The Bertz CT molecular complexity index is 1310. The largest absolute Gasteiger partial charge is 0.135 e. The van der Waals surface area contributed by atoms with Crippen molar-refractivity contribution >= 4 is 53.1 Å². The van der Waals surface area contributed by atoms with Crippen LogP contribution in [0.2, 0.25) is 0 Å². The van der Waals surface area contributed by atoms with Crippen LogP contribution < -0.4 is 0 Å². The average molecular weight is 383 g/mol. The first kappa shape index (κ1) is 17.7. The average Bonchev–Trinajstić information content (AvgIpc) is 3.09. The molecule has 0 radical (unpaired) electrons. The van der Waals surface area contributed by atoms with Gasteiger partial charge in [-0.25, -0.2) is 0 Å². The first-order valence-electron chi connectivity index (χ1n) is 10.5. The molecule has 0 fully saturated rings. The van der Waals surface area contributed by atoms with Crippen LogP contribution in [0.3, 0.4) is 0 Å². The highest BCUT2D eigenvalue weighted by Crippen LogP contribution is 2.44. The van der Waals surface area contributed by atoms with Crippen LogP contribution in [0.5, 0.6) is 0 Å². The van der Waals surface area contributed by atoms with E-state index in [1.54, 1.807) is 0 Å². The summed E-state index contributed by atoms with van der Waals surface area (Å²) in [5.74, 6) is 0. The fourth-order valence-corrected chi connectivity index (χ4v) is 5.99. The Morgan fingerprint density at radius 3 is 2.00 bits per heavy atom. The molecule has 0 aliphatic heterocycles.